The van der Waals surface area contributed by atoms with Crippen molar-refractivity contribution in [3.05, 3.63) is 53.9 Å². The van der Waals surface area contributed by atoms with Gasteiger partial charge in [-0.05, 0) is 17.7 Å². The zero-order chi connectivity index (χ0) is 12.3. The Labute approximate surface area is 98.1 Å². The second-order valence-corrected chi connectivity index (χ2v) is 3.57. The van der Waals surface area contributed by atoms with Crippen molar-refractivity contribution in [3.8, 4) is 6.07 Å². The van der Waals surface area contributed by atoms with Crippen LogP contribution in [0.4, 0.5) is 4.39 Å². The van der Waals surface area contributed by atoms with Crippen LogP contribution in [0.15, 0.2) is 36.7 Å². The van der Waals surface area contributed by atoms with Crippen LogP contribution in [0.2, 0.25) is 0 Å². The van der Waals surface area contributed by atoms with Crippen molar-refractivity contribution in [1.29, 1.82) is 5.26 Å². The molecule has 0 saturated heterocycles. The predicted octanol–water partition coefficient (Wildman–Crippen LogP) is 1.44. The van der Waals surface area contributed by atoms with Gasteiger partial charge in [-0.25, -0.2) is 9.37 Å². The topological polar surface area (TPSA) is 67.6 Å². The van der Waals surface area contributed by atoms with Crippen molar-refractivity contribution < 1.29 is 4.39 Å². The number of rotatable bonds is 3. The molecule has 17 heavy (non-hydrogen) atoms. The Kier molecular flexibility index (Phi) is 3.17. The van der Waals surface area contributed by atoms with E-state index in [1.54, 1.807) is 29.1 Å². The van der Waals surface area contributed by atoms with Gasteiger partial charge in [0.05, 0.1) is 6.04 Å². The molecule has 0 aliphatic heterocycles. The lowest BCUT2D eigenvalue weighted by Gasteiger charge is -2.17. The number of hydrogen-bond acceptors (Lipinski definition) is 3. The molecule has 0 fully saturated rings. The highest BCUT2D eigenvalue weighted by atomic mass is 19.1. The third-order valence-corrected chi connectivity index (χ3v) is 2.58. The molecule has 1 unspecified atom stereocenters. The lowest BCUT2D eigenvalue weighted by atomic mass is 10.1. The van der Waals surface area contributed by atoms with Crippen molar-refractivity contribution in [2.45, 2.75) is 6.04 Å². The number of halogens is 1. The Balaban J connectivity index is 2.41. The highest BCUT2D eigenvalue weighted by molar-refractivity contribution is 5.24. The zero-order valence-electron chi connectivity index (χ0n) is 9.05. The number of nitriles is 1. The molecule has 4 nitrogen and oxygen atoms in total. The summed E-state index contributed by atoms with van der Waals surface area (Å²) >= 11 is 0. The molecule has 2 rings (SSSR count). The first-order valence-electron chi connectivity index (χ1n) is 5.14. The fraction of sp³-hybridized carbons (Fsp3) is 0.167. The van der Waals surface area contributed by atoms with Crippen LogP contribution in [0.1, 0.15) is 17.4 Å². The maximum absolute atomic E-state index is 12.8. The molecule has 2 N–H and O–H groups in total. The van der Waals surface area contributed by atoms with Gasteiger partial charge >= 0.3 is 0 Å². The van der Waals surface area contributed by atoms with Crippen LogP contribution in [-0.2, 0) is 0 Å². The summed E-state index contributed by atoms with van der Waals surface area (Å²) in [6.45, 7) is 0.316. The van der Waals surface area contributed by atoms with E-state index in [0.29, 0.717) is 12.4 Å². The SMILES string of the molecule is N#Cc1nccn1C(CN)c1ccc(F)cc1. The van der Waals surface area contributed by atoms with Crippen molar-refractivity contribution in [2.24, 2.45) is 5.73 Å². The van der Waals surface area contributed by atoms with Gasteiger partial charge in [0, 0.05) is 18.9 Å². The van der Waals surface area contributed by atoms with Gasteiger partial charge in [-0.3, -0.25) is 0 Å². The van der Waals surface area contributed by atoms with E-state index in [2.05, 4.69) is 4.98 Å². The average molecular weight is 230 g/mol. The summed E-state index contributed by atoms with van der Waals surface area (Å²) in [5, 5.41) is 8.91. The largest absolute Gasteiger partial charge is 0.328 e. The smallest absolute Gasteiger partial charge is 0.213 e. The Morgan fingerprint density at radius 3 is 2.71 bits per heavy atom. The first-order valence-corrected chi connectivity index (χ1v) is 5.14. The van der Waals surface area contributed by atoms with E-state index in [-0.39, 0.29) is 11.9 Å². The first kappa shape index (κ1) is 11.3. The summed E-state index contributed by atoms with van der Waals surface area (Å²) in [7, 11) is 0. The minimum absolute atomic E-state index is 0.201. The van der Waals surface area contributed by atoms with E-state index in [4.69, 9.17) is 11.0 Å². The molecular formula is C12H11FN4. The van der Waals surface area contributed by atoms with Crippen molar-refractivity contribution >= 4 is 0 Å². The maximum Gasteiger partial charge on any atom is 0.213 e. The molecule has 0 spiro atoms. The third kappa shape index (κ3) is 2.17. The number of hydrogen-bond donors (Lipinski definition) is 1. The minimum atomic E-state index is -0.296. The standard InChI is InChI=1S/C12H11FN4/c13-10-3-1-9(2-4-10)11(7-14)17-6-5-16-12(17)8-15/h1-6,11H,7,14H2. The molecule has 2 aromatic rings. The highest BCUT2D eigenvalue weighted by Crippen LogP contribution is 2.19. The Bertz CT molecular complexity index is 538. The number of nitrogens with zero attached hydrogens (tertiary/aromatic N) is 3. The number of nitrogens with two attached hydrogens (primary N) is 1. The van der Waals surface area contributed by atoms with E-state index in [1.807, 2.05) is 6.07 Å². The van der Waals surface area contributed by atoms with Gasteiger partial charge in [0.1, 0.15) is 11.9 Å². The van der Waals surface area contributed by atoms with E-state index in [9.17, 15) is 4.39 Å². The van der Waals surface area contributed by atoms with Gasteiger partial charge in [0.25, 0.3) is 0 Å². The number of benzene rings is 1. The molecule has 0 bridgehead atoms. The van der Waals surface area contributed by atoms with Crippen LogP contribution in [0.25, 0.3) is 0 Å². The summed E-state index contributed by atoms with van der Waals surface area (Å²) in [5.74, 6) is 0.000402. The molecule has 0 radical (unpaired) electrons. The minimum Gasteiger partial charge on any atom is -0.328 e. The van der Waals surface area contributed by atoms with Crippen LogP contribution in [0, 0.1) is 17.1 Å². The third-order valence-electron chi connectivity index (χ3n) is 2.58. The Morgan fingerprint density at radius 1 is 1.41 bits per heavy atom. The van der Waals surface area contributed by atoms with Crippen molar-refractivity contribution in [2.75, 3.05) is 6.54 Å². The van der Waals surface area contributed by atoms with Crippen LogP contribution >= 0.6 is 0 Å². The summed E-state index contributed by atoms with van der Waals surface area (Å²) in [4.78, 5) is 3.92. The number of aromatic nitrogens is 2. The maximum atomic E-state index is 12.8. The molecular weight excluding hydrogens is 219 g/mol. The number of imidazole rings is 1. The molecule has 1 aromatic carbocycles. The first-order chi connectivity index (χ1) is 8.26. The summed E-state index contributed by atoms with van der Waals surface area (Å²) in [6.07, 6.45) is 3.24. The second kappa shape index (κ2) is 4.76. The molecule has 5 heteroatoms. The van der Waals surface area contributed by atoms with E-state index >= 15 is 0 Å². The molecule has 86 valence electrons. The van der Waals surface area contributed by atoms with Crippen LogP contribution in [0.3, 0.4) is 0 Å². The van der Waals surface area contributed by atoms with Gasteiger partial charge in [0.15, 0.2) is 0 Å². The van der Waals surface area contributed by atoms with E-state index in [1.165, 1.54) is 12.1 Å². The van der Waals surface area contributed by atoms with Gasteiger partial charge in [0.2, 0.25) is 5.82 Å². The molecule has 0 aliphatic carbocycles. The zero-order valence-corrected chi connectivity index (χ0v) is 9.05. The van der Waals surface area contributed by atoms with E-state index in [0.717, 1.165) is 5.56 Å². The molecule has 0 amide bonds. The van der Waals surface area contributed by atoms with Crippen molar-refractivity contribution in [3.63, 3.8) is 0 Å². The quantitative estimate of drug-likeness (QED) is 0.867. The Morgan fingerprint density at radius 2 is 2.12 bits per heavy atom. The van der Waals surface area contributed by atoms with Crippen LogP contribution in [0.5, 0.6) is 0 Å². The molecule has 0 aliphatic rings. The normalized spacial score (nSPS) is 12.1. The molecule has 1 atom stereocenters. The van der Waals surface area contributed by atoms with Crippen LogP contribution < -0.4 is 5.73 Å². The second-order valence-electron chi connectivity index (χ2n) is 3.57. The summed E-state index contributed by atoms with van der Waals surface area (Å²) in [5.41, 5.74) is 6.56. The molecule has 1 heterocycles. The summed E-state index contributed by atoms with van der Waals surface area (Å²) < 4.78 is 14.5. The lowest BCUT2D eigenvalue weighted by Crippen LogP contribution is -2.21. The fourth-order valence-corrected chi connectivity index (χ4v) is 1.75. The fourth-order valence-electron chi connectivity index (χ4n) is 1.75. The predicted molar refractivity (Wildman–Crippen MR) is 60.5 cm³/mol. The monoisotopic (exact) mass is 230 g/mol. The Hall–Kier alpha value is -2.19. The van der Waals surface area contributed by atoms with Crippen LogP contribution in [-0.4, -0.2) is 16.1 Å². The van der Waals surface area contributed by atoms with Gasteiger partial charge in [-0.2, -0.15) is 5.26 Å². The van der Waals surface area contributed by atoms with Gasteiger partial charge in [-0.15, -0.1) is 0 Å². The molecule has 0 saturated carbocycles. The van der Waals surface area contributed by atoms with E-state index < -0.39 is 0 Å². The summed E-state index contributed by atoms with van der Waals surface area (Å²) in [6, 6.07) is 7.87. The van der Waals surface area contributed by atoms with Gasteiger partial charge in [-0.1, -0.05) is 12.1 Å². The van der Waals surface area contributed by atoms with Crippen molar-refractivity contribution in [1.82, 2.24) is 9.55 Å². The lowest BCUT2D eigenvalue weighted by molar-refractivity contribution is 0.582. The van der Waals surface area contributed by atoms with Gasteiger partial charge < -0.3 is 10.3 Å². The highest BCUT2D eigenvalue weighted by Gasteiger charge is 2.15. The average Bonchev–Trinajstić information content (AvgIpc) is 2.81. The molecule has 1 aromatic heterocycles.